The minimum Gasteiger partial charge on any atom is -0.295 e. The highest BCUT2D eigenvalue weighted by Gasteiger charge is 2.15. The molecule has 0 unspecified atom stereocenters. The lowest BCUT2D eigenvalue weighted by atomic mass is 10.1. The number of non-ortho nitro benzene ring substituents is 1. The summed E-state index contributed by atoms with van der Waals surface area (Å²) in [6, 6.07) is 14.3. The van der Waals surface area contributed by atoms with Gasteiger partial charge < -0.3 is 0 Å². The molecule has 0 radical (unpaired) electrons. The molecule has 0 saturated heterocycles. The van der Waals surface area contributed by atoms with Gasteiger partial charge in [0.1, 0.15) is 6.33 Å². The molecule has 0 aliphatic rings. The van der Waals surface area contributed by atoms with Crippen molar-refractivity contribution in [1.82, 2.24) is 14.4 Å². The second-order valence-corrected chi connectivity index (χ2v) is 5.31. The first-order chi connectivity index (χ1) is 11.1. The number of aromatic nitrogens is 3. The molecule has 4 rings (SSSR count). The fraction of sp³-hybridized carbons (Fsp3) is 0.0588. The van der Waals surface area contributed by atoms with Crippen LogP contribution in [0.2, 0.25) is 0 Å². The van der Waals surface area contributed by atoms with Gasteiger partial charge >= 0.3 is 0 Å². The summed E-state index contributed by atoms with van der Waals surface area (Å²) in [5, 5.41) is 11.0. The van der Waals surface area contributed by atoms with Crippen molar-refractivity contribution in [3.05, 3.63) is 70.7 Å². The Morgan fingerprint density at radius 1 is 1.13 bits per heavy atom. The molecule has 6 heteroatoms. The molecule has 0 amide bonds. The number of aryl methyl sites for hydroxylation is 1. The first kappa shape index (κ1) is 13.4. The number of imidazole rings is 1. The Morgan fingerprint density at radius 3 is 2.78 bits per heavy atom. The van der Waals surface area contributed by atoms with Crippen LogP contribution < -0.4 is 0 Å². The Morgan fingerprint density at radius 2 is 1.96 bits per heavy atom. The van der Waals surface area contributed by atoms with Crippen LogP contribution in [-0.2, 0) is 0 Å². The number of nitrogens with zero attached hydrogens (tertiary/aromatic N) is 4. The van der Waals surface area contributed by atoms with Crippen molar-refractivity contribution in [3.8, 4) is 11.3 Å². The minimum atomic E-state index is -0.398. The van der Waals surface area contributed by atoms with E-state index in [0.29, 0.717) is 11.3 Å². The molecule has 0 spiro atoms. The summed E-state index contributed by atoms with van der Waals surface area (Å²) >= 11 is 0. The monoisotopic (exact) mass is 304 g/mol. The maximum atomic E-state index is 11.0. The third kappa shape index (κ3) is 2.03. The average molecular weight is 304 g/mol. The maximum absolute atomic E-state index is 11.0. The number of hydrogen-bond acceptors (Lipinski definition) is 4. The predicted octanol–water partition coefficient (Wildman–Crippen LogP) is 3.77. The standard InChI is InChI=1S/C17H12N4O2/c1-11-17-16(12-5-4-6-13(9-12)21(22)23)19-14-7-2-3-8-15(14)20(17)10-18-11/h2-10H,1H3. The molecular weight excluding hydrogens is 292 g/mol. The summed E-state index contributed by atoms with van der Waals surface area (Å²) in [7, 11) is 0. The van der Waals surface area contributed by atoms with Crippen LogP contribution in [0.3, 0.4) is 0 Å². The normalized spacial score (nSPS) is 11.2. The predicted molar refractivity (Wildman–Crippen MR) is 87.3 cm³/mol. The molecular formula is C17H12N4O2. The van der Waals surface area contributed by atoms with E-state index in [-0.39, 0.29) is 5.69 Å². The molecule has 112 valence electrons. The molecule has 0 atom stereocenters. The average Bonchev–Trinajstić information content (AvgIpc) is 2.96. The highest BCUT2D eigenvalue weighted by Crippen LogP contribution is 2.30. The number of rotatable bonds is 2. The third-order valence-electron chi connectivity index (χ3n) is 3.88. The SMILES string of the molecule is Cc1ncn2c1c(-c1cccc([N+](=O)[O-])c1)nc1ccccc12. The van der Waals surface area contributed by atoms with Gasteiger partial charge in [-0.3, -0.25) is 14.5 Å². The van der Waals surface area contributed by atoms with E-state index in [0.717, 1.165) is 22.2 Å². The second kappa shape index (κ2) is 4.88. The van der Waals surface area contributed by atoms with Gasteiger partial charge in [-0.15, -0.1) is 0 Å². The summed E-state index contributed by atoms with van der Waals surface area (Å²) in [5.74, 6) is 0. The van der Waals surface area contributed by atoms with Crippen LogP contribution in [0.1, 0.15) is 5.69 Å². The zero-order valence-corrected chi connectivity index (χ0v) is 12.3. The van der Waals surface area contributed by atoms with Crippen molar-refractivity contribution in [1.29, 1.82) is 0 Å². The van der Waals surface area contributed by atoms with Crippen molar-refractivity contribution in [3.63, 3.8) is 0 Å². The molecule has 0 bridgehead atoms. The molecule has 0 aliphatic carbocycles. The van der Waals surface area contributed by atoms with Gasteiger partial charge in [-0.25, -0.2) is 9.97 Å². The van der Waals surface area contributed by atoms with E-state index >= 15 is 0 Å². The van der Waals surface area contributed by atoms with Crippen LogP contribution >= 0.6 is 0 Å². The van der Waals surface area contributed by atoms with Crippen molar-refractivity contribution in [2.24, 2.45) is 0 Å². The lowest BCUT2D eigenvalue weighted by molar-refractivity contribution is -0.384. The van der Waals surface area contributed by atoms with Gasteiger partial charge in [-0.1, -0.05) is 24.3 Å². The van der Waals surface area contributed by atoms with Gasteiger partial charge in [0.25, 0.3) is 5.69 Å². The Balaban J connectivity index is 2.11. The largest absolute Gasteiger partial charge is 0.295 e. The number of hydrogen-bond donors (Lipinski definition) is 0. The van der Waals surface area contributed by atoms with Crippen molar-refractivity contribution >= 4 is 22.2 Å². The number of benzene rings is 2. The third-order valence-corrected chi connectivity index (χ3v) is 3.88. The highest BCUT2D eigenvalue weighted by molar-refractivity contribution is 5.88. The first-order valence-electron chi connectivity index (χ1n) is 7.12. The summed E-state index contributed by atoms with van der Waals surface area (Å²) in [6.07, 6.45) is 1.76. The Bertz CT molecular complexity index is 1070. The van der Waals surface area contributed by atoms with Crippen LogP contribution in [0.5, 0.6) is 0 Å². The van der Waals surface area contributed by atoms with Gasteiger partial charge in [0, 0.05) is 17.7 Å². The topological polar surface area (TPSA) is 73.3 Å². The van der Waals surface area contributed by atoms with E-state index < -0.39 is 4.92 Å². The zero-order valence-electron chi connectivity index (χ0n) is 12.3. The number of para-hydroxylation sites is 2. The molecule has 23 heavy (non-hydrogen) atoms. The molecule has 2 heterocycles. The lowest BCUT2D eigenvalue weighted by Gasteiger charge is -2.08. The fourth-order valence-corrected chi connectivity index (χ4v) is 2.81. The molecule has 0 N–H and O–H groups in total. The molecule has 2 aromatic carbocycles. The molecule has 0 aliphatic heterocycles. The van der Waals surface area contributed by atoms with Gasteiger partial charge in [0.15, 0.2) is 0 Å². The summed E-state index contributed by atoms with van der Waals surface area (Å²) in [4.78, 5) is 19.7. The van der Waals surface area contributed by atoms with E-state index in [1.54, 1.807) is 18.5 Å². The molecule has 6 nitrogen and oxygen atoms in total. The Kier molecular flexibility index (Phi) is 2.84. The van der Waals surface area contributed by atoms with E-state index in [1.807, 2.05) is 41.7 Å². The van der Waals surface area contributed by atoms with Crippen LogP contribution in [-0.4, -0.2) is 19.3 Å². The van der Waals surface area contributed by atoms with E-state index in [2.05, 4.69) is 4.98 Å². The summed E-state index contributed by atoms with van der Waals surface area (Å²) in [5.41, 5.74) is 4.93. The second-order valence-electron chi connectivity index (χ2n) is 5.31. The van der Waals surface area contributed by atoms with Crippen molar-refractivity contribution in [2.75, 3.05) is 0 Å². The first-order valence-corrected chi connectivity index (χ1v) is 7.12. The van der Waals surface area contributed by atoms with Gasteiger partial charge in [0.2, 0.25) is 0 Å². The van der Waals surface area contributed by atoms with Crippen molar-refractivity contribution in [2.45, 2.75) is 6.92 Å². The van der Waals surface area contributed by atoms with Crippen LogP contribution in [0.4, 0.5) is 5.69 Å². The smallest absolute Gasteiger partial charge is 0.270 e. The highest BCUT2D eigenvalue weighted by atomic mass is 16.6. The zero-order chi connectivity index (χ0) is 16.0. The molecule has 0 saturated carbocycles. The Labute approximate surface area is 131 Å². The van der Waals surface area contributed by atoms with Crippen LogP contribution in [0, 0.1) is 17.0 Å². The number of fused-ring (bicyclic) bond motifs is 3. The van der Waals surface area contributed by atoms with E-state index in [1.165, 1.54) is 6.07 Å². The quantitative estimate of drug-likeness (QED) is 0.417. The fourth-order valence-electron chi connectivity index (χ4n) is 2.81. The molecule has 0 fully saturated rings. The van der Waals surface area contributed by atoms with Gasteiger partial charge in [0.05, 0.1) is 32.9 Å². The van der Waals surface area contributed by atoms with Crippen molar-refractivity contribution < 1.29 is 4.92 Å². The number of nitro benzene ring substituents is 1. The Hall–Kier alpha value is -3.28. The van der Waals surface area contributed by atoms with Crippen LogP contribution in [0.15, 0.2) is 54.9 Å². The van der Waals surface area contributed by atoms with Gasteiger partial charge in [-0.05, 0) is 19.1 Å². The van der Waals surface area contributed by atoms with Gasteiger partial charge in [-0.2, -0.15) is 0 Å². The minimum absolute atomic E-state index is 0.0489. The maximum Gasteiger partial charge on any atom is 0.270 e. The summed E-state index contributed by atoms with van der Waals surface area (Å²) < 4.78 is 1.98. The summed E-state index contributed by atoms with van der Waals surface area (Å²) in [6.45, 7) is 1.91. The van der Waals surface area contributed by atoms with E-state index in [9.17, 15) is 10.1 Å². The molecule has 4 aromatic rings. The van der Waals surface area contributed by atoms with E-state index in [4.69, 9.17) is 4.98 Å². The molecule has 2 aromatic heterocycles. The number of nitro groups is 1. The lowest BCUT2D eigenvalue weighted by Crippen LogP contribution is -1.96. The van der Waals surface area contributed by atoms with Crippen LogP contribution in [0.25, 0.3) is 27.8 Å².